The van der Waals surface area contributed by atoms with Gasteiger partial charge in [0, 0.05) is 11.3 Å². The second-order valence-corrected chi connectivity index (χ2v) is 5.66. The van der Waals surface area contributed by atoms with Gasteiger partial charge < -0.3 is 9.73 Å². The van der Waals surface area contributed by atoms with Crippen molar-refractivity contribution < 1.29 is 9.21 Å². The second-order valence-electron chi connectivity index (χ2n) is 5.39. The Hall–Kier alpha value is -2.33. The van der Waals surface area contributed by atoms with Crippen LogP contribution < -0.4 is 5.32 Å². The summed E-state index contributed by atoms with van der Waals surface area (Å²) in [6, 6.07) is 11.8. The van der Waals surface area contributed by atoms with E-state index in [1.54, 1.807) is 6.07 Å². The Kier molecular flexibility index (Phi) is 4.35. The number of amides is 1. The third kappa shape index (κ3) is 3.22. The Balaban J connectivity index is 2.00. The van der Waals surface area contributed by atoms with Crippen LogP contribution in [0.1, 0.15) is 18.1 Å². The minimum Gasteiger partial charge on any atom is -0.436 e. The molecule has 1 amide bonds. The smallest absolute Gasteiger partial charge is 0.239 e. The summed E-state index contributed by atoms with van der Waals surface area (Å²) < 4.78 is 5.89. The van der Waals surface area contributed by atoms with E-state index in [0.717, 1.165) is 23.1 Å². The molecule has 0 aliphatic carbocycles. The number of aryl methyl sites for hydroxylation is 2. The van der Waals surface area contributed by atoms with Crippen LogP contribution in [0.2, 0.25) is 0 Å². The number of nitrogens with one attached hydrogen (secondary N) is 1. The van der Waals surface area contributed by atoms with Gasteiger partial charge in [-0.15, -0.1) is 11.6 Å². The highest BCUT2D eigenvalue weighted by Crippen LogP contribution is 2.29. The zero-order valence-corrected chi connectivity index (χ0v) is 13.8. The standard InChI is InChI=1S/C18H17ClN2O2/c1-3-12-4-6-13(7-5-12)18-21-15-9-14(20-16(22)10-19)8-11(2)17(15)23-18/h4-9H,3,10H2,1-2H3,(H,20,22). The lowest BCUT2D eigenvalue weighted by molar-refractivity contribution is -0.113. The highest BCUT2D eigenvalue weighted by atomic mass is 35.5. The number of nitrogens with zero attached hydrogens (tertiary/aromatic N) is 1. The predicted molar refractivity (Wildman–Crippen MR) is 92.9 cm³/mol. The van der Waals surface area contributed by atoms with Crippen molar-refractivity contribution in [3.05, 3.63) is 47.5 Å². The van der Waals surface area contributed by atoms with Gasteiger partial charge in [0.05, 0.1) is 0 Å². The van der Waals surface area contributed by atoms with Crippen LogP contribution in [0.3, 0.4) is 0 Å². The van der Waals surface area contributed by atoms with Crippen molar-refractivity contribution in [2.45, 2.75) is 20.3 Å². The molecule has 0 bridgehead atoms. The molecule has 1 N–H and O–H groups in total. The number of carbonyl (C=O) groups excluding carboxylic acids is 1. The van der Waals surface area contributed by atoms with E-state index >= 15 is 0 Å². The number of aromatic nitrogens is 1. The summed E-state index contributed by atoms with van der Waals surface area (Å²) in [5.74, 6) is 0.251. The number of benzene rings is 2. The quantitative estimate of drug-likeness (QED) is 0.715. The van der Waals surface area contributed by atoms with Crippen LogP contribution in [0.25, 0.3) is 22.6 Å². The van der Waals surface area contributed by atoms with Crippen LogP contribution in [0, 0.1) is 6.92 Å². The van der Waals surface area contributed by atoms with E-state index < -0.39 is 0 Å². The van der Waals surface area contributed by atoms with Crippen molar-refractivity contribution in [1.29, 1.82) is 0 Å². The summed E-state index contributed by atoms with van der Waals surface area (Å²) in [7, 11) is 0. The molecule has 5 heteroatoms. The maximum absolute atomic E-state index is 11.4. The van der Waals surface area contributed by atoms with E-state index in [0.29, 0.717) is 17.1 Å². The summed E-state index contributed by atoms with van der Waals surface area (Å²) in [6.45, 7) is 4.04. The minimum absolute atomic E-state index is 0.0784. The molecule has 0 aliphatic heterocycles. The molecule has 3 aromatic rings. The first kappa shape index (κ1) is 15.6. The molecule has 1 heterocycles. The molecule has 0 unspecified atom stereocenters. The third-order valence-corrected chi connectivity index (χ3v) is 3.93. The van der Waals surface area contributed by atoms with Gasteiger partial charge in [0.1, 0.15) is 11.4 Å². The van der Waals surface area contributed by atoms with E-state index in [2.05, 4.69) is 29.4 Å². The van der Waals surface area contributed by atoms with Gasteiger partial charge in [0.2, 0.25) is 11.8 Å². The predicted octanol–water partition coefficient (Wildman–Crippen LogP) is 4.54. The van der Waals surface area contributed by atoms with Crippen LogP contribution in [0.15, 0.2) is 40.8 Å². The van der Waals surface area contributed by atoms with Crippen molar-refractivity contribution in [2.24, 2.45) is 0 Å². The topological polar surface area (TPSA) is 55.1 Å². The molecular formula is C18H17ClN2O2. The molecule has 1 aromatic heterocycles. The highest BCUT2D eigenvalue weighted by Gasteiger charge is 2.12. The number of hydrogen-bond donors (Lipinski definition) is 1. The number of carbonyl (C=O) groups is 1. The molecule has 2 aromatic carbocycles. The van der Waals surface area contributed by atoms with E-state index in [9.17, 15) is 4.79 Å². The van der Waals surface area contributed by atoms with Crippen molar-refractivity contribution in [2.75, 3.05) is 11.2 Å². The maximum Gasteiger partial charge on any atom is 0.239 e. The molecule has 0 saturated heterocycles. The molecule has 0 aliphatic rings. The van der Waals surface area contributed by atoms with E-state index in [1.807, 2.05) is 25.1 Å². The number of halogens is 1. The van der Waals surface area contributed by atoms with Crippen molar-refractivity contribution in [3.8, 4) is 11.5 Å². The highest BCUT2D eigenvalue weighted by molar-refractivity contribution is 6.29. The van der Waals surface area contributed by atoms with Crippen LogP contribution in [0.4, 0.5) is 5.69 Å². The second kappa shape index (κ2) is 6.42. The molecule has 0 spiro atoms. The summed E-state index contributed by atoms with van der Waals surface area (Å²) in [4.78, 5) is 16.0. The third-order valence-electron chi connectivity index (χ3n) is 3.69. The summed E-state index contributed by atoms with van der Waals surface area (Å²) in [6.07, 6.45) is 0.997. The lowest BCUT2D eigenvalue weighted by Crippen LogP contribution is -2.12. The van der Waals surface area contributed by atoms with E-state index in [-0.39, 0.29) is 11.8 Å². The summed E-state index contributed by atoms with van der Waals surface area (Å²) in [5, 5.41) is 2.74. The minimum atomic E-state index is -0.246. The average Bonchev–Trinajstić information content (AvgIpc) is 2.99. The fourth-order valence-corrected chi connectivity index (χ4v) is 2.54. The van der Waals surface area contributed by atoms with Gasteiger partial charge in [0.15, 0.2) is 5.58 Å². The summed E-state index contributed by atoms with van der Waals surface area (Å²) in [5.41, 5.74) is 5.22. The molecule has 23 heavy (non-hydrogen) atoms. The van der Waals surface area contributed by atoms with Gasteiger partial charge in [-0.3, -0.25) is 4.79 Å². The molecule has 3 rings (SSSR count). The Labute approximate surface area is 139 Å². The van der Waals surface area contributed by atoms with E-state index in [1.165, 1.54) is 5.56 Å². The lowest BCUT2D eigenvalue weighted by Gasteiger charge is -2.03. The van der Waals surface area contributed by atoms with Crippen molar-refractivity contribution in [3.63, 3.8) is 0 Å². The fraction of sp³-hybridized carbons (Fsp3) is 0.222. The number of alkyl halides is 1. The first-order valence-corrected chi connectivity index (χ1v) is 8.00. The molecule has 0 radical (unpaired) electrons. The van der Waals surface area contributed by atoms with Crippen LogP contribution >= 0.6 is 11.6 Å². The average molecular weight is 329 g/mol. The van der Waals surface area contributed by atoms with E-state index in [4.69, 9.17) is 16.0 Å². The van der Waals surface area contributed by atoms with Crippen LogP contribution in [0.5, 0.6) is 0 Å². The van der Waals surface area contributed by atoms with Gasteiger partial charge in [-0.25, -0.2) is 4.98 Å². The van der Waals surface area contributed by atoms with Crippen LogP contribution in [-0.2, 0) is 11.2 Å². The van der Waals surface area contributed by atoms with Crippen LogP contribution in [-0.4, -0.2) is 16.8 Å². The fourth-order valence-electron chi connectivity index (χ4n) is 2.47. The normalized spacial score (nSPS) is 10.9. The van der Waals surface area contributed by atoms with Crippen molar-refractivity contribution in [1.82, 2.24) is 4.98 Å². The molecule has 0 saturated carbocycles. The molecule has 4 nitrogen and oxygen atoms in total. The van der Waals surface area contributed by atoms with Crippen molar-refractivity contribution >= 4 is 34.3 Å². The number of hydrogen-bond acceptors (Lipinski definition) is 3. The largest absolute Gasteiger partial charge is 0.436 e. The zero-order valence-electron chi connectivity index (χ0n) is 13.0. The lowest BCUT2D eigenvalue weighted by atomic mass is 10.1. The first-order chi connectivity index (χ1) is 11.1. The van der Waals surface area contributed by atoms with Gasteiger partial charge in [-0.1, -0.05) is 19.1 Å². The SMILES string of the molecule is CCc1ccc(-c2nc3cc(NC(=O)CCl)cc(C)c3o2)cc1. The Bertz CT molecular complexity index is 853. The Morgan fingerprint density at radius 1 is 1.26 bits per heavy atom. The first-order valence-electron chi connectivity index (χ1n) is 7.47. The molecule has 118 valence electrons. The number of rotatable bonds is 4. The maximum atomic E-state index is 11.4. The van der Waals surface area contributed by atoms with Gasteiger partial charge in [0.25, 0.3) is 0 Å². The Morgan fingerprint density at radius 2 is 2.00 bits per heavy atom. The molecular weight excluding hydrogens is 312 g/mol. The zero-order chi connectivity index (χ0) is 16.4. The number of fused-ring (bicyclic) bond motifs is 1. The van der Waals surface area contributed by atoms with Gasteiger partial charge >= 0.3 is 0 Å². The number of oxazole rings is 1. The van der Waals surface area contributed by atoms with Gasteiger partial charge in [-0.2, -0.15) is 0 Å². The summed E-state index contributed by atoms with van der Waals surface area (Å²) >= 11 is 5.52. The monoisotopic (exact) mass is 328 g/mol. The number of anilines is 1. The van der Waals surface area contributed by atoms with Gasteiger partial charge in [-0.05, 0) is 48.7 Å². The molecule has 0 fully saturated rings. The molecule has 0 atom stereocenters. The Morgan fingerprint density at radius 3 is 2.65 bits per heavy atom.